The second-order valence-electron chi connectivity index (χ2n) is 3.00. The van der Waals surface area contributed by atoms with Gasteiger partial charge < -0.3 is 4.74 Å². The molecule has 1 saturated heterocycles. The second kappa shape index (κ2) is 2.68. The Labute approximate surface area is 73.9 Å². The highest BCUT2D eigenvalue weighted by molar-refractivity contribution is 6.00. The van der Waals surface area contributed by atoms with E-state index in [1.807, 2.05) is 0 Å². The lowest BCUT2D eigenvalue weighted by molar-refractivity contribution is -0.153. The third-order valence-electron chi connectivity index (χ3n) is 2.27. The molecule has 66 valence electrons. The van der Waals surface area contributed by atoms with Crippen molar-refractivity contribution in [3.8, 4) is 0 Å². The summed E-state index contributed by atoms with van der Waals surface area (Å²) in [5.74, 6) is -0.821. The number of cyclic esters (lactones) is 2. The topological polar surface area (TPSA) is 60.4 Å². The van der Waals surface area contributed by atoms with E-state index in [0.29, 0.717) is 12.0 Å². The lowest BCUT2D eigenvalue weighted by Crippen LogP contribution is -2.21. The monoisotopic (exact) mass is 178 g/mol. The Bertz CT molecular complexity index is 360. The third-order valence-corrected chi connectivity index (χ3v) is 2.27. The summed E-state index contributed by atoms with van der Waals surface area (Å²) in [6.45, 7) is 0. The van der Waals surface area contributed by atoms with E-state index in [1.54, 1.807) is 18.1 Å². The van der Waals surface area contributed by atoms with Crippen LogP contribution in [-0.4, -0.2) is 17.9 Å². The Morgan fingerprint density at radius 3 is 2.85 bits per heavy atom. The molecular formula is C9H6O4. The van der Waals surface area contributed by atoms with E-state index in [1.165, 1.54) is 0 Å². The van der Waals surface area contributed by atoms with Crippen LogP contribution in [0.3, 0.4) is 0 Å². The fourth-order valence-electron chi connectivity index (χ4n) is 1.64. The molecule has 13 heavy (non-hydrogen) atoms. The molecule has 1 aliphatic heterocycles. The average Bonchev–Trinajstić information content (AvgIpc) is 2.43. The van der Waals surface area contributed by atoms with Crippen LogP contribution in [0.15, 0.2) is 17.7 Å². The maximum absolute atomic E-state index is 11.1. The Balaban J connectivity index is 2.47. The molecule has 0 radical (unpaired) electrons. The van der Waals surface area contributed by atoms with Crippen LogP contribution in [0.5, 0.6) is 0 Å². The molecule has 0 saturated carbocycles. The van der Waals surface area contributed by atoms with Gasteiger partial charge in [0.15, 0.2) is 0 Å². The molecule has 0 bridgehead atoms. The molecule has 0 aromatic heterocycles. The Morgan fingerprint density at radius 1 is 1.38 bits per heavy atom. The molecule has 4 heteroatoms. The van der Waals surface area contributed by atoms with E-state index in [-0.39, 0.29) is 0 Å². The molecule has 1 heterocycles. The SMILES string of the molecule is O=C=C1CC=CC2C(=O)OC(=O)C12. The summed E-state index contributed by atoms with van der Waals surface area (Å²) in [7, 11) is 0. The van der Waals surface area contributed by atoms with E-state index in [0.717, 1.165) is 0 Å². The predicted octanol–water partition coefficient (Wildman–Crippen LogP) is 0.0201. The fraction of sp³-hybridized carbons (Fsp3) is 0.333. The van der Waals surface area contributed by atoms with Crippen LogP contribution < -0.4 is 0 Å². The van der Waals surface area contributed by atoms with Gasteiger partial charge in [0.2, 0.25) is 0 Å². The second-order valence-corrected chi connectivity index (χ2v) is 3.00. The highest BCUT2D eigenvalue weighted by Crippen LogP contribution is 2.34. The van der Waals surface area contributed by atoms with Gasteiger partial charge in [0.1, 0.15) is 11.9 Å². The van der Waals surface area contributed by atoms with Crippen LogP contribution in [0.25, 0.3) is 0 Å². The van der Waals surface area contributed by atoms with E-state index >= 15 is 0 Å². The third kappa shape index (κ3) is 1.03. The number of hydrogen-bond acceptors (Lipinski definition) is 4. The minimum absolute atomic E-state index is 0.309. The summed E-state index contributed by atoms with van der Waals surface area (Å²) in [5, 5.41) is 0. The fourth-order valence-corrected chi connectivity index (χ4v) is 1.64. The molecule has 1 fully saturated rings. The summed E-state index contributed by atoms with van der Waals surface area (Å²) in [5.41, 5.74) is 0.309. The Morgan fingerprint density at radius 2 is 2.15 bits per heavy atom. The number of ether oxygens (including phenoxy) is 1. The standard InChI is InChI=1S/C9H6O4/c10-4-5-2-1-3-6-7(5)9(12)13-8(6)11/h1,3,6-7H,2H2. The van der Waals surface area contributed by atoms with E-state index in [2.05, 4.69) is 4.74 Å². The van der Waals surface area contributed by atoms with Crippen molar-refractivity contribution >= 4 is 17.9 Å². The van der Waals surface area contributed by atoms with Gasteiger partial charge in [-0.1, -0.05) is 12.2 Å². The Kier molecular flexibility index (Phi) is 1.64. The Hall–Kier alpha value is -1.67. The zero-order valence-corrected chi connectivity index (χ0v) is 6.65. The molecule has 2 aliphatic rings. The predicted molar refractivity (Wildman–Crippen MR) is 41.0 cm³/mol. The van der Waals surface area contributed by atoms with Gasteiger partial charge in [-0.2, -0.15) is 0 Å². The maximum atomic E-state index is 11.1. The van der Waals surface area contributed by atoms with Crippen LogP contribution in [0.2, 0.25) is 0 Å². The first-order valence-corrected chi connectivity index (χ1v) is 3.90. The number of fused-ring (bicyclic) bond motifs is 1. The molecule has 4 nitrogen and oxygen atoms in total. The first kappa shape index (κ1) is 7.95. The molecule has 0 aromatic carbocycles. The van der Waals surface area contributed by atoms with Gasteiger partial charge in [-0.05, 0) is 6.42 Å². The van der Waals surface area contributed by atoms with Crippen molar-refractivity contribution in [2.75, 3.05) is 0 Å². The van der Waals surface area contributed by atoms with Crippen molar-refractivity contribution in [1.82, 2.24) is 0 Å². The minimum atomic E-state index is -0.713. The van der Waals surface area contributed by atoms with Crippen LogP contribution in [-0.2, 0) is 19.1 Å². The van der Waals surface area contributed by atoms with Crippen LogP contribution in [0, 0.1) is 11.8 Å². The zero-order valence-electron chi connectivity index (χ0n) is 6.65. The van der Waals surface area contributed by atoms with Crippen molar-refractivity contribution < 1.29 is 19.1 Å². The molecule has 2 unspecified atom stereocenters. The van der Waals surface area contributed by atoms with E-state index < -0.39 is 23.8 Å². The number of esters is 2. The van der Waals surface area contributed by atoms with E-state index in [4.69, 9.17) is 0 Å². The van der Waals surface area contributed by atoms with Gasteiger partial charge in [0.05, 0.1) is 5.92 Å². The summed E-state index contributed by atoms with van der Waals surface area (Å²) < 4.78 is 4.41. The highest BCUT2D eigenvalue weighted by Gasteiger charge is 2.46. The smallest absolute Gasteiger partial charge is 0.322 e. The maximum Gasteiger partial charge on any atom is 0.322 e. The lowest BCUT2D eigenvalue weighted by atomic mass is 9.82. The number of carbonyl (C=O) groups is 2. The zero-order chi connectivity index (χ0) is 9.42. The molecule has 0 aromatic rings. The average molecular weight is 178 g/mol. The molecule has 2 rings (SSSR count). The highest BCUT2D eigenvalue weighted by atomic mass is 16.6. The van der Waals surface area contributed by atoms with Gasteiger partial charge in [0.25, 0.3) is 0 Å². The van der Waals surface area contributed by atoms with Gasteiger partial charge in [-0.25, -0.2) is 4.79 Å². The van der Waals surface area contributed by atoms with Crippen molar-refractivity contribution in [2.24, 2.45) is 11.8 Å². The van der Waals surface area contributed by atoms with Crippen molar-refractivity contribution in [1.29, 1.82) is 0 Å². The summed E-state index contributed by atoms with van der Waals surface area (Å²) in [4.78, 5) is 32.6. The van der Waals surface area contributed by atoms with Crippen molar-refractivity contribution in [3.63, 3.8) is 0 Å². The van der Waals surface area contributed by atoms with Gasteiger partial charge in [-0.15, -0.1) is 0 Å². The number of rotatable bonds is 0. The molecule has 0 N–H and O–H groups in total. The number of hydrogen-bond donors (Lipinski definition) is 0. The molecular weight excluding hydrogens is 172 g/mol. The van der Waals surface area contributed by atoms with Crippen LogP contribution in [0.4, 0.5) is 0 Å². The first-order valence-electron chi connectivity index (χ1n) is 3.90. The van der Waals surface area contributed by atoms with E-state index in [9.17, 15) is 14.4 Å². The van der Waals surface area contributed by atoms with Crippen LogP contribution >= 0.6 is 0 Å². The lowest BCUT2D eigenvalue weighted by Gasteiger charge is -2.13. The van der Waals surface area contributed by atoms with Crippen molar-refractivity contribution in [2.45, 2.75) is 6.42 Å². The normalized spacial score (nSPS) is 31.2. The first-order chi connectivity index (χ1) is 6.24. The molecule has 2 atom stereocenters. The molecule has 1 aliphatic carbocycles. The number of carbonyl (C=O) groups excluding carboxylic acids is 3. The largest absolute Gasteiger partial charge is 0.392 e. The van der Waals surface area contributed by atoms with Gasteiger partial charge in [0, 0.05) is 5.57 Å². The minimum Gasteiger partial charge on any atom is -0.392 e. The summed E-state index contributed by atoms with van der Waals surface area (Å²) >= 11 is 0. The van der Waals surface area contributed by atoms with Crippen LogP contribution in [0.1, 0.15) is 6.42 Å². The summed E-state index contributed by atoms with van der Waals surface area (Å²) in [6, 6.07) is 0. The van der Waals surface area contributed by atoms with Gasteiger partial charge >= 0.3 is 11.9 Å². The quantitative estimate of drug-likeness (QED) is 0.227. The molecule has 0 spiro atoms. The number of allylic oxidation sites excluding steroid dienone is 1. The molecule has 0 amide bonds. The van der Waals surface area contributed by atoms with Gasteiger partial charge in [-0.3, -0.25) is 9.59 Å². The summed E-state index contributed by atoms with van der Waals surface area (Å²) in [6.07, 6.45) is 3.67. The van der Waals surface area contributed by atoms with Crippen molar-refractivity contribution in [3.05, 3.63) is 17.7 Å².